The summed E-state index contributed by atoms with van der Waals surface area (Å²) >= 11 is 1.44. The Labute approximate surface area is 189 Å². The number of hydrogen-bond donors (Lipinski definition) is 2. The monoisotopic (exact) mass is 450 g/mol. The van der Waals surface area contributed by atoms with Gasteiger partial charge in [-0.3, -0.25) is 14.4 Å². The van der Waals surface area contributed by atoms with E-state index in [4.69, 9.17) is 4.74 Å². The normalized spacial score (nSPS) is 10.6. The lowest BCUT2D eigenvalue weighted by molar-refractivity contribution is -0.147. The van der Waals surface area contributed by atoms with Gasteiger partial charge in [-0.2, -0.15) is 21.6 Å². The van der Waals surface area contributed by atoms with Crippen molar-refractivity contribution in [3.8, 4) is 0 Å². The SMILES string of the molecule is O=C(COC(=O)CCCNC(=O)c1ccsc1)Nc1ccc(N=Nc2ccccc2)cc1. The van der Waals surface area contributed by atoms with Crippen LogP contribution in [0.1, 0.15) is 23.2 Å². The Balaban J connectivity index is 1.32. The zero-order valence-corrected chi connectivity index (χ0v) is 18.0. The maximum atomic E-state index is 12.0. The molecule has 0 saturated heterocycles. The van der Waals surface area contributed by atoms with Gasteiger partial charge in [0.05, 0.1) is 11.4 Å². The van der Waals surface area contributed by atoms with Gasteiger partial charge < -0.3 is 15.4 Å². The molecule has 9 heteroatoms. The Morgan fingerprint density at radius 2 is 1.62 bits per heavy atom. The number of carbonyl (C=O) groups excluding carboxylic acids is 3. The Morgan fingerprint density at radius 3 is 2.31 bits per heavy atom. The van der Waals surface area contributed by atoms with E-state index in [0.717, 1.165) is 5.69 Å². The van der Waals surface area contributed by atoms with Crippen molar-refractivity contribution in [2.75, 3.05) is 18.5 Å². The molecule has 1 heterocycles. The van der Waals surface area contributed by atoms with E-state index in [1.54, 1.807) is 35.7 Å². The molecule has 164 valence electrons. The number of ether oxygens (including phenoxy) is 1. The van der Waals surface area contributed by atoms with E-state index in [-0.39, 0.29) is 18.9 Å². The molecule has 2 N–H and O–H groups in total. The van der Waals surface area contributed by atoms with Crippen molar-refractivity contribution in [1.82, 2.24) is 5.32 Å². The molecule has 0 bridgehead atoms. The van der Waals surface area contributed by atoms with Gasteiger partial charge >= 0.3 is 5.97 Å². The fourth-order valence-corrected chi connectivity index (χ4v) is 3.20. The van der Waals surface area contributed by atoms with Crippen LogP contribution in [0.4, 0.5) is 17.1 Å². The van der Waals surface area contributed by atoms with E-state index in [1.165, 1.54) is 11.3 Å². The van der Waals surface area contributed by atoms with Crippen molar-refractivity contribution in [1.29, 1.82) is 0 Å². The predicted octanol–water partition coefficient (Wildman–Crippen LogP) is 4.86. The van der Waals surface area contributed by atoms with Gasteiger partial charge in [0.25, 0.3) is 11.8 Å². The molecule has 2 aromatic carbocycles. The van der Waals surface area contributed by atoms with Crippen LogP contribution >= 0.6 is 11.3 Å². The number of nitrogens with zero attached hydrogens (tertiary/aromatic N) is 2. The zero-order chi connectivity index (χ0) is 22.6. The van der Waals surface area contributed by atoms with E-state index >= 15 is 0 Å². The van der Waals surface area contributed by atoms with E-state index in [1.807, 2.05) is 35.7 Å². The van der Waals surface area contributed by atoms with Gasteiger partial charge in [0.15, 0.2) is 6.61 Å². The van der Waals surface area contributed by atoms with Crippen LogP contribution in [-0.4, -0.2) is 30.9 Å². The molecule has 0 fully saturated rings. The quantitative estimate of drug-likeness (QED) is 0.261. The van der Waals surface area contributed by atoms with Crippen LogP contribution < -0.4 is 10.6 Å². The van der Waals surface area contributed by atoms with Crippen LogP contribution in [0.2, 0.25) is 0 Å². The third-order valence-electron chi connectivity index (χ3n) is 4.18. The van der Waals surface area contributed by atoms with Crippen LogP contribution in [0, 0.1) is 0 Å². The third-order valence-corrected chi connectivity index (χ3v) is 4.86. The van der Waals surface area contributed by atoms with Gasteiger partial charge in [0.2, 0.25) is 0 Å². The Kier molecular flexibility index (Phi) is 8.64. The third kappa shape index (κ3) is 7.77. The molecular weight excluding hydrogens is 428 g/mol. The number of amides is 2. The lowest BCUT2D eigenvalue weighted by Gasteiger charge is -2.07. The average Bonchev–Trinajstić information content (AvgIpc) is 3.36. The minimum Gasteiger partial charge on any atom is -0.456 e. The molecule has 3 aromatic rings. The molecule has 2 amide bonds. The van der Waals surface area contributed by atoms with Crippen LogP contribution in [0.3, 0.4) is 0 Å². The van der Waals surface area contributed by atoms with Crippen molar-refractivity contribution >= 4 is 46.2 Å². The molecule has 8 nitrogen and oxygen atoms in total. The lowest BCUT2D eigenvalue weighted by Crippen LogP contribution is -2.25. The van der Waals surface area contributed by atoms with E-state index < -0.39 is 11.9 Å². The van der Waals surface area contributed by atoms with Crippen LogP contribution in [0.25, 0.3) is 0 Å². The summed E-state index contributed by atoms with van der Waals surface area (Å²) in [5, 5.41) is 17.2. The van der Waals surface area contributed by atoms with E-state index in [0.29, 0.717) is 29.9 Å². The summed E-state index contributed by atoms with van der Waals surface area (Å²) in [4.78, 5) is 35.5. The number of esters is 1. The molecular formula is C23H22N4O4S. The minimum atomic E-state index is -0.499. The molecule has 0 radical (unpaired) electrons. The standard InChI is InChI=1S/C23H22N4O4S/c28-21(15-31-22(29)7-4-13-24-23(30)17-12-14-32-16-17)25-18-8-10-20(11-9-18)27-26-19-5-2-1-3-6-19/h1-3,5-6,8-12,14,16H,4,7,13,15H2,(H,24,30)(H,25,28). The number of thiophene rings is 1. The number of azo groups is 1. The average molecular weight is 451 g/mol. The highest BCUT2D eigenvalue weighted by molar-refractivity contribution is 7.08. The second-order valence-electron chi connectivity index (χ2n) is 6.66. The second kappa shape index (κ2) is 12.1. The molecule has 1 aromatic heterocycles. The fourth-order valence-electron chi connectivity index (χ4n) is 2.57. The maximum Gasteiger partial charge on any atom is 0.306 e. The predicted molar refractivity (Wildman–Crippen MR) is 123 cm³/mol. The molecule has 0 aliphatic carbocycles. The van der Waals surface area contributed by atoms with Gasteiger partial charge in [0.1, 0.15) is 0 Å². The van der Waals surface area contributed by atoms with Gasteiger partial charge in [-0.05, 0) is 54.3 Å². The highest BCUT2D eigenvalue weighted by atomic mass is 32.1. The molecule has 0 aliphatic heterocycles. The molecule has 0 aliphatic rings. The highest BCUT2D eigenvalue weighted by Gasteiger charge is 2.09. The largest absolute Gasteiger partial charge is 0.456 e. The fraction of sp³-hybridized carbons (Fsp3) is 0.174. The van der Waals surface area contributed by atoms with Crippen molar-refractivity contribution < 1.29 is 19.1 Å². The molecule has 3 rings (SSSR count). The van der Waals surface area contributed by atoms with Crippen molar-refractivity contribution in [3.05, 3.63) is 77.0 Å². The Bertz CT molecular complexity index is 1050. The molecule has 32 heavy (non-hydrogen) atoms. The smallest absolute Gasteiger partial charge is 0.306 e. The van der Waals surface area contributed by atoms with Crippen molar-refractivity contribution in [3.63, 3.8) is 0 Å². The number of nitrogens with one attached hydrogen (secondary N) is 2. The van der Waals surface area contributed by atoms with Crippen LogP contribution in [0.5, 0.6) is 0 Å². The lowest BCUT2D eigenvalue weighted by atomic mass is 10.3. The number of carbonyl (C=O) groups is 3. The highest BCUT2D eigenvalue weighted by Crippen LogP contribution is 2.20. The van der Waals surface area contributed by atoms with Crippen molar-refractivity contribution in [2.45, 2.75) is 12.8 Å². The number of benzene rings is 2. The zero-order valence-electron chi connectivity index (χ0n) is 17.2. The Morgan fingerprint density at radius 1 is 0.906 bits per heavy atom. The first-order valence-electron chi connectivity index (χ1n) is 9.93. The first kappa shape index (κ1) is 22.8. The van der Waals surface area contributed by atoms with Gasteiger partial charge in [-0.15, -0.1) is 0 Å². The van der Waals surface area contributed by atoms with Crippen LogP contribution in [-0.2, 0) is 14.3 Å². The molecule has 0 saturated carbocycles. The van der Waals surface area contributed by atoms with E-state index in [9.17, 15) is 14.4 Å². The topological polar surface area (TPSA) is 109 Å². The summed E-state index contributed by atoms with van der Waals surface area (Å²) in [7, 11) is 0. The van der Waals surface area contributed by atoms with E-state index in [2.05, 4.69) is 20.9 Å². The second-order valence-corrected chi connectivity index (χ2v) is 7.44. The summed E-state index contributed by atoms with van der Waals surface area (Å²) in [5.74, 6) is -1.11. The number of hydrogen-bond acceptors (Lipinski definition) is 7. The summed E-state index contributed by atoms with van der Waals surface area (Å²) in [6.07, 6.45) is 0.535. The van der Waals surface area contributed by atoms with Crippen LogP contribution in [0.15, 0.2) is 81.7 Å². The summed E-state index contributed by atoms with van der Waals surface area (Å²) < 4.78 is 4.97. The first-order chi connectivity index (χ1) is 15.6. The summed E-state index contributed by atoms with van der Waals surface area (Å²) in [6.45, 7) is -0.0283. The summed E-state index contributed by atoms with van der Waals surface area (Å²) in [5.41, 5.74) is 2.54. The summed E-state index contributed by atoms with van der Waals surface area (Å²) in [6, 6.07) is 17.9. The molecule has 0 atom stereocenters. The van der Waals surface area contributed by atoms with Gasteiger partial charge in [-0.25, -0.2) is 0 Å². The van der Waals surface area contributed by atoms with Gasteiger partial charge in [-0.1, -0.05) is 18.2 Å². The molecule has 0 spiro atoms. The first-order valence-corrected chi connectivity index (χ1v) is 10.9. The maximum absolute atomic E-state index is 12.0. The minimum absolute atomic E-state index is 0.109. The van der Waals surface area contributed by atoms with Gasteiger partial charge in [0, 0.05) is 29.6 Å². The molecule has 0 unspecified atom stereocenters. The number of anilines is 1. The van der Waals surface area contributed by atoms with Crippen molar-refractivity contribution in [2.24, 2.45) is 10.2 Å². The Hall–Kier alpha value is -3.85. The number of rotatable bonds is 10.